The summed E-state index contributed by atoms with van der Waals surface area (Å²) in [6.07, 6.45) is 4.49. The number of rotatable bonds is 5. The van der Waals surface area contributed by atoms with Gasteiger partial charge in [0.25, 0.3) is 0 Å². The number of carbonyl (C=O) groups excluding carboxylic acids is 1. The van der Waals surface area contributed by atoms with Crippen LogP contribution in [0.1, 0.15) is 12.0 Å². The first kappa shape index (κ1) is 21.7. The second-order valence-corrected chi connectivity index (χ2v) is 9.26. The number of urea groups is 1. The molecule has 0 spiro atoms. The first-order chi connectivity index (χ1) is 16.1. The summed E-state index contributed by atoms with van der Waals surface area (Å²) < 4.78 is 5.99. The summed E-state index contributed by atoms with van der Waals surface area (Å²) in [4.78, 5) is 21.2. The van der Waals surface area contributed by atoms with Crippen LogP contribution in [-0.2, 0) is 6.54 Å². The topological polar surface area (TPSA) is 57.7 Å². The standard InChI is InChI=1S/C26H27ClN4O2/c27-22-6-8-24(9-7-22)33-25-5-1-3-19(13-25)15-30-12-10-20-17-31(18-21(20)16-30)26(32)29-23-4-2-11-28-14-23/h1-9,11,13-14,20-21H,10,12,15-18H2,(H,29,32)/t20-,21-/m0/s1. The van der Waals surface area contributed by atoms with E-state index in [1.807, 2.05) is 53.4 Å². The molecule has 2 aliphatic heterocycles. The Bertz CT molecular complexity index is 1090. The molecule has 7 heteroatoms. The van der Waals surface area contributed by atoms with Crippen molar-refractivity contribution in [1.29, 1.82) is 0 Å². The molecule has 1 aromatic heterocycles. The monoisotopic (exact) mass is 462 g/mol. The van der Waals surface area contributed by atoms with Gasteiger partial charge < -0.3 is 15.0 Å². The third-order valence-corrected chi connectivity index (χ3v) is 6.69. The first-order valence-corrected chi connectivity index (χ1v) is 11.7. The zero-order valence-corrected chi connectivity index (χ0v) is 19.1. The quantitative estimate of drug-likeness (QED) is 0.543. The van der Waals surface area contributed by atoms with Crippen molar-refractivity contribution < 1.29 is 9.53 Å². The third-order valence-electron chi connectivity index (χ3n) is 6.44. The van der Waals surface area contributed by atoms with Gasteiger partial charge in [0.05, 0.1) is 11.9 Å². The Kier molecular flexibility index (Phi) is 6.46. The maximum absolute atomic E-state index is 12.7. The van der Waals surface area contributed by atoms with Crippen molar-refractivity contribution in [2.24, 2.45) is 11.8 Å². The highest BCUT2D eigenvalue weighted by molar-refractivity contribution is 6.30. The van der Waals surface area contributed by atoms with Gasteiger partial charge in [0.1, 0.15) is 11.5 Å². The summed E-state index contributed by atoms with van der Waals surface area (Å²) in [6.45, 7) is 4.55. The lowest BCUT2D eigenvalue weighted by atomic mass is 9.88. The van der Waals surface area contributed by atoms with E-state index in [0.717, 1.165) is 56.3 Å². The van der Waals surface area contributed by atoms with Gasteiger partial charge in [0.15, 0.2) is 0 Å². The molecule has 3 heterocycles. The molecule has 0 unspecified atom stereocenters. The third kappa shape index (κ3) is 5.46. The number of aromatic nitrogens is 1. The number of anilines is 1. The largest absolute Gasteiger partial charge is 0.457 e. The molecule has 170 valence electrons. The van der Waals surface area contributed by atoms with Gasteiger partial charge in [-0.3, -0.25) is 9.88 Å². The normalized spacial score (nSPS) is 20.3. The Morgan fingerprint density at radius 3 is 2.70 bits per heavy atom. The predicted octanol–water partition coefficient (Wildman–Crippen LogP) is 5.51. The Hall–Kier alpha value is -3.09. The summed E-state index contributed by atoms with van der Waals surface area (Å²) in [5.74, 6) is 2.67. The molecule has 3 aromatic rings. The molecule has 0 radical (unpaired) electrons. The van der Waals surface area contributed by atoms with Gasteiger partial charge in [0.2, 0.25) is 0 Å². The van der Waals surface area contributed by atoms with E-state index in [1.54, 1.807) is 12.4 Å². The Morgan fingerprint density at radius 2 is 1.88 bits per heavy atom. The average molecular weight is 463 g/mol. The number of nitrogens with zero attached hydrogens (tertiary/aromatic N) is 3. The number of fused-ring (bicyclic) bond motifs is 1. The molecule has 2 aromatic carbocycles. The zero-order valence-electron chi connectivity index (χ0n) is 18.4. The Morgan fingerprint density at radius 1 is 1.03 bits per heavy atom. The van der Waals surface area contributed by atoms with E-state index in [0.29, 0.717) is 16.9 Å². The summed E-state index contributed by atoms with van der Waals surface area (Å²) >= 11 is 5.96. The molecular formula is C26H27ClN4O2. The highest BCUT2D eigenvalue weighted by Gasteiger charge is 2.38. The summed E-state index contributed by atoms with van der Waals surface area (Å²) in [7, 11) is 0. The van der Waals surface area contributed by atoms with E-state index in [2.05, 4.69) is 27.3 Å². The van der Waals surface area contributed by atoms with Crippen LogP contribution < -0.4 is 10.1 Å². The summed E-state index contributed by atoms with van der Waals surface area (Å²) in [5.41, 5.74) is 1.96. The van der Waals surface area contributed by atoms with Crippen molar-refractivity contribution in [3.05, 3.63) is 83.6 Å². The molecular weight excluding hydrogens is 436 g/mol. The lowest BCUT2D eigenvalue weighted by Crippen LogP contribution is -2.39. The number of hydrogen-bond acceptors (Lipinski definition) is 4. The number of nitrogens with one attached hydrogen (secondary N) is 1. The van der Waals surface area contributed by atoms with Gasteiger partial charge in [-0.2, -0.15) is 0 Å². The van der Waals surface area contributed by atoms with Crippen LogP contribution in [0.2, 0.25) is 5.02 Å². The number of pyridine rings is 1. The minimum atomic E-state index is -0.0315. The molecule has 33 heavy (non-hydrogen) atoms. The summed E-state index contributed by atoms with van der Waals surface area (Å²) in [6, 6.07) is 19.3. The second kappa shape index (κ2) is 9.81. The molecule has 2 saturated heterocycles. The highest BCUT2D eigenvalue weighted by Crippen LogP contribution is 2.32. The van der Waals surface area contributed by atoms with Crippen LogP contribution in [-0.4, -0.2) is 47.0 Å². The Labute approximate surface area is 199 Å². The molecule has 0 aliphatic carbocycles. The first-order valence-electron chi connectivity index (χ1n) is 11.3. The van der Waals surface area contributed by atoms with Crippen molar-refractivity contribution >= 4 is 23.3 Å². The SMILES string of the molecule is O=C(Nc1cccnc1)N1C[C@@H]2CCN(Cc3cccc(Oc4ccc(Cl)cc4)c3)C[C@H]2C1. The maximum atomic E-state index is 12.7. The van der Waals surface area contributed by atoms with Gasteiger partial charge in [-0.25, -0.2) is 4.79 Å². The average Bonchev–Trinajstić information content (AvgIpc) is 3.25. The van der Waals surface area contributed by atoms with Gasteiger partial charge in [0, 0.05) is 37.4 Å². The van der Waals surface area contributed by atoms with E-state index < -0.39 is 0 Å². The lowest BCUT2D eigenvalue weighted by Gasteiger charge is -2.34. The van der Waals surface area contributed by atoms with E-state index in [9.17, 15) is 4.79 Å². The van der Waals surface area contributed by atoms with Crippen molar-refractivity contribution in [3.8, 4) is 11.5 Å². The van der Waals surface area contributed by atoms with Crippen molar-refractivity contribution in [2.75, 3.05) is 31.5 Å². The number of carbonyl (C=O) groups is 1. The molecule has 6 nitrogen and oxygen atoms in total. The van der Waals surface area contributed by atoms with E-state index >= 15 is 0 Å². The smallest absolute Gasteiger partial charge is 0.321 e. The summed E-state index contributed by atoms with van der Waals surface area (Å²) in [5, 5.41) is 3.66. The second-order valence-electron chi connectivity index (χ2n) is 8.82. The fraction of sp³-hybridized carbons (Fsp3) is 0.308. The fourth-order valence-corrected chi connectivity index (χ4v) is 4.92. The van der Waals surface area contributed by atoms with Crippen LogP contribution in [0, 0.1) is 11.8 Å². The van der Waals surface area contributed by atoms with E-state index in [-0.39, 0.29) is 6.03 Å². The van der Waals surface area contributed by atoms with Gasteiger partial charge in [-0.15, -0.1) is 0 Å². The van der Waals surface area contributed by atoms with Crippen molar-refractivity contribution in [2.45, 2.75) is 13.0 Å². The number of halogens is 1. The number of benzene rings is 2. The van der Waals surface area contributed by atoms with Crippen molar-refractivity contribution in [3.63, 3.8) is 0 Å². The molecule has 0 bridgehead atoms. The minimum Gasteiger partial charge on any atom is -0.457 e. The molecule has 0 saturated carbocycles. The number of hydrogen-bond donors (Lipinski definition) is 1. The van der Waals surface area contributed by atoms with E-state index in [4.69, 9.17) is 16.3 Å². The van der Waals surface area contributed by atoms with Gasteiger partial charge in [-0.1, -0.05) is 23.7 Å². The molecule has 2 amide bonds. The van der Waals surface area contributed by atoms with Crippen molar-refractivity contribution in [1.82, 2.24) is 14.8 Å². The molecule has 2 aliphatic rings. The Balaban J connectivity index is 1.16. The molecule has 1 N–H and O–H groups in total. The molecule has 5 rings (SSSR count). The highest BCUT2D eigenvalue weighted by atomic mass is 35.5. The van der Waals surface area contributed by atoms with E-state index in [1.165, 1.54) is 5.56 Å². The maximum Gasteiger partial charge on any atom is 0.321 e. The number of amides is 2. The number of ether oxygens (including phenoxy) is 1. The fourth-order valence-electron chi connectivity index (χ4n) is 4.80. The predicted molar refractivity (Wildman–Crippen MR) is 130 cm³/mol. The molecule has 2 atom stereocenters. The van der Waals surface area contributed by atoms with Gasteiger partial charge in [-0.05, 0) is 78.9 Å². The van der Waals surface area contributed by atoms with Crippen LogP contribution in [0.25, 0.3) is 0 Å². The lowest BCUT2D eigenvalue weighted by molar-refractivity contribution is 0.142. The van der Waals surface area contributed by atoms with Crippen LogP contribution in [0.3, 0.4) is 0 Å². The zero-order chi connectivity index (χ0) is 22.6. The van der Waals surface area contributed by atoms with Crippen LogP contribution >= 0.6 is 11.6 Å². The minimum absolute atomic E-state index is 0.0315. The number of likely N-dealkylation sites (tertiary alicyclic amines) is 2. The number of piperidine rings is 1. The molecule has 2 fully saturated rings. The van der Waals surface area contributed by atoms with Crippen LogP contribution in [0.15, 0.2) is 73.1 Å². The van der Waals surface area contributed by atoms with Crippen LogP contribution in [0.4, 0.5) is 10.5 Å². The van der Waals surface area contributed by atoms with Crippen LogP contribution in [0.5, 0.6) is 11.5 Å². The van der Waals surface area contributed by atoms with Gasteiger partial charge >= 0.3 is 6.03 Å².